The average Bonchev–Trinajstić information content (AvgIpc) is 3.17. The number of carbonyl (C=O) groups is 1. The van der Waals surface area contributed by atoms with Crippen LogP contribution in [0.4, 0.5) is 0 Å². The molecule has 104 valence electrons. The SMILES string of the molecule is O=C(OC[C@H]1CCCO1)c1snnc1-c1ccccc1. The van der Waals surface area contributed by atoms with Gasteiger partial charge in [0.2, 0.25) is 0 Å². The van der Waals surface area contributed by atoms with Gasteiger partial charge in [0.25, 0.3) is 0 Å². The van der Waals surface area contributed by atoms with E-state index in [2.05, 4.69) is 9.59 Å². The third-order valence-corrected chi connectivity index (χ3v) is 3.85. The Labute approximate surface area is 120 Å². The minimum absolute atomic E-state index is 0.0278. The Morgan fingerprint density at radius 3 is 3.00 bits per heavy atom. The number of hydrogen-bond acceptors (Lipinski definition) is 6. The van der Waals surface area contributed by atoms with E-state index >= 15 is 0 Å². The summed E-state index contributed by atoms with van der Waals surface area (Å²) in [5, 5.41) is 4.02. The summed E-state index contributed by atoms with van der Waals surface area (Å²) in [5.74, 6) is -0.380. The van der Waals surface area contributed by atoms with Crippen LogP contribution in [0.3, 0.4) is 0 Å². The summed E-state index contributed by atoms with van der Waals surface area (Å²) in [6.45, 7) is 1.05. The minimum atomic E-state index is -0.380. The fourth-order valence-corrected chi connectivity index (χ4v) is 2.70. The van der Waals surface area contributed by atoms with Crippen molar-refractivity contribution >= 4 is 17.5 Å². The van der Waals surface area contributed by atoms with Crippen molar-refractivity contribution in [3.05, 3.63) is 35.2 Å². The third-order valence-electron chi connectivity index (χ3n) is 3.14. The summed E-state index contributed by atoms with van der Waals surface area (Å²) in [5.41, 5.74) is 1.44. The highest BCUT2D eigenvalue weighted by atomic mass is 32.1. The summed E-state index contributed by atoms with van der Waals surface area (Å²) in [6.07, 6.45) is 2.00. The zero-order valence-corrected chi connectivity index (χ0v) is 11.6. The summed E-state index contributed by atoms with van der Waals surface area (Å²) in [6, 6.07) is 9.51. The molecular weight excluding hydrogens is 276 g/mol. The molecule has 6 heteroatoms. The molecule has 5 nitrogen and oxygen atoms in total. The minimum Gasteiger partial charge on any atom is -0.459 e. The highest BCUT2D eigenvalue weighted by Crippen LogP contribution is 2.24. The molecule has 0 unspecified atom stereocenters. The molecule has 0 saturated carbocycles. The Kier molecular flexibility index (Phi) is 4.03. The molecule has 0 amide bonds. The first kappa shape index (κ1) is 13.2. The van der Waals surface area contributed by atoms with Gasteiger partial charge in [-0.3, -0.25) is 0 Å². The van der Waals surface area contributed by atoms with Gasteiger partial charge in [0.1, 0.15) is 12.3 Å². The number of benzene rings is 1. The van der Waals surface area contributed by atoms with E-state index in [1.54, 1.807) is 0 Å². The Hall–Kier alpha value is -1.79. The van der Waals surface area contributed by atoms with Gasteiger partial charge in [0.05, 0.1) is 6.10 Å². The van der Waals surface area contributed by atoms with Crippen LogP contribution in [0, 0.1) is 0 Å². The van der Waals surface area contributed by atoms with Crippen LogP contribution in [0.25, 0.3) is 11.3 Å². The van der Waals surface area contributed by atoms with E-state index in [0.717, 1.165) is 36.5 Å². The van der Waals surface area contributed by atoms with Crippen molar-refractivity contribution in [3.8, 4) is 11.3 Å². The van der Waals surface area contributed by atoms with Crippen molar-refractivity contribution in [2.75, 3.05) is 13.2 Å². The van der Waals surface area contributed by atoms with E-state index in [0.29, 0.717) is 17.2 Å². The fraction of sp³-hybridized carbons (Fsp3) is 0.357. The number of aromatic nitrogens is 2. The fourth-order valence-electron chi connectivity index (χ4n) is 2.12. The first-order valence-corrected chi connectivity index (χ1v) is 7.28. The molecule has 1 fully saturated rings. The largest absolute Gasteiger partial charge is 0.459 e. The van der Waals surface area contributed by atoms with Gasteiger partial charge in [0.15, 0.2) is 4.88 Å². The molecule has 1 saturated heterocycles. The van der Waals surface area contributed by atoms with Crippen molar-refractivity contribution in [1.29, 1.82) is 0 Å². The Morgan fingerprint density at radius 2 is 2.25 bits per heavy atom. The second kappa shape index (κ2) is 6.11. The topological polar surface area (TPSA) is 61.3 Å². The Balaban J connectivity index is 1.70. The monoisotopic (exact) mass is 290 g/mol. The van der Waals surface area contributed by atoms with Gasteiger partial charge in [-0.15, -0.1) is 5.10 Å². The van der Waals surface area contributed by atoms with Gasteiger partial charge in [-0.2, -0.15) is 0 Å². The smallest absolute Gasteiger partial charge is 0.352 e. The number of hydrogen-bond donors (Lipinski definition) is 0. The van der Waals surface area contributed by atoms with Crippen LogP contribution in [-0.4, -0.2) is 34.9 Å². The van der Waals surface area contributed by atoms with Crippen molar-refractivity contribution in [2.24, 2.45) is 0 Å². The van der Waals surface area contributed by atoms with E-state index in [1.165, 1.54) is 0 Å². The van der Waals surface area contributed by atoms with E-state index < -0.39 is 0 Å². The van der Waals surface area contributed by atoms with E-state index in [4.69, 9.17) is 9.47 Å². The van der Waals surface area contributed by atoms with Gasteiger partial charge < -0.3 is 9.47 Å². The number of carbonyl (C=O) groups excluding carboxylic acids is 1. The molecule has 3 rings (SSSR count). The molecule has 2 aromatic rings. The van der Waals surface area contributed by atoms with E-state index in [-0.39, 0.29) is 12.1 Å². The first-order valence-electron chi connectivity index (χ1n) is 6.51. The summed E-state index contributed by atoms with van der Waals surface area (Å²) in [7, 11) is 0. The molecule has 1 aliphatic heterocycles. The van der Waals surface area contributed by atoms with Crippen LogP contribution >= 0.6 is 11.5 Å². The molecule has 0 spiro atoms. The van der Waals surface area contributed by atoms with Crippen LogP contribution in [0.5, 0.6) is 0 Å². The Bertz CT molecular complexity index is 579. The predicted molar refractivity (Wildman–Crippen MR) is 74.6 cm³/mol. The molecule has 1 aromatic carbocycles. The number of nitrogens with zero attached hydrogens (tertiary/aromatic N) is 2. The molecule has 1 aromatic heterocycles. The maximum atomic E-state index is 12.1. The molecule has 0 radical (unpaired) electrons. The molecule has 0 bridgehead atoms. The third kappa shape index (κ3) is 2.86. The molecule has 20 heavy (non-hydrogen) atoms. The number of rotatable bonds is 4. The maximum Gasteiger partial charge on any atom is 0.352 e. The summed E-state index contributed by atoms with van der Waals surface area (Å²) < 4.78 is 14.6. The number of ether oxygens (including phenoxy) is 2. The van der Waals surface area contributed by atoms with Gasteiger partial charge >= 0.3 is 5.97 Å². The standard InChI is InChI=1S/C14H14N2O3S/c17-14(19-9-11-7-4-8-18-11)13-12(15-16-20-13)10-5-2-1-3-6-10/h1-3,5-6,11H,4,7-9H2/t11-/m1/s1. The Morgan fingerprint density at radius 1 is 1.40 bits per heavy atom. The molecule has 0 aliphatic carbocycles. The second-order valence-corrected chi connectivity index (χ2v) is 5.30. The van der Waals surface area contributed by atoms with Crippen LogP contribution < -0.4 is 0 Å². The van der Waals surface area contributed by atoms with Crippen molar-refractivity contribution in [1.82, 2.24) is 9.59 Å². The summed E-state index contributed by atoms with van der Waals surface area (Å²) >= 11 is 1.06. The number of esters is 1. The average molecular weight is 290 g/mol. The van der Waals surface area contributed by atoms with Crippen LogP contribution in [0.1, 0.15) is 22.5 Å². The van der Waals surface area contributed by atoms with Gasteiger partial charge in [-0.05, 0) is 24.4 Å². The molecule has 1 atom stereocenters. The van der Waals surface area contributed by atoms with E-state index in [9.17, 15) is 4.79 Å². The lowest BCUT2D eigenvalue weighted by atomic mass is 10.1. The molecular formula is C14H14N2O3S. The highest BCUT2D eigenvalue weighted by molar-refractivity contribution is 7.08. The zero-order chi connectivity index (χ0) is 13.8. The van der Waals surface area contributed by atoms with Crippen molar-refractivity contribution < 1.29 is 14.3 Å². The molecule has 2 heterocycles. The normalized spacial score (nSPS) is 18.1. The second-order valence-electron chi connectivity index (χ2n) is 4.55. The lowest BCUT2D eigenvalue weighted by Gasteiger charge is -2.09. The first-order chi connectivity index (χ1) is 9.84. The van der Waals surface area contributed by atoms with Gasteiger partial charge in [0, 0.05) is 12.2 Å². The lowest BCUT2D eigenvalue weighted by molar-refractivity contribution is 0.0166. The van der Waals surface area contributed by atoms with Gasteiger partial charge in [-0.25, -0.2) is 4.79 Å². The quantitative estimate of drug-likeness (QED) is 0.810. The predicted octanol–water partition coefficient (Wildman–Crippen LogP) is 2.54. The van der Waals surface area contributed by atoms with Crippen molar-refractivity contribution in [3.63, 3.8) is 0 Å². The van der Waals surface area contributed by atoms with Crippen LogP contribution in [0.2, 0.25) is 0 Å². The summed E-state index contributed by atoms with van der Waals surface area (Å²) in [4.78, 5) is 12.5. The van der Waals surface area contributed by atoms with Crippen LogP contribution in [-0.2, 0) is 9.47 Å². The van der Waals surface area contributed by atoms with Crippen LogP contribution in [0.15, 0.2) is 30.3 Å². The lowest BCUT2D eigenvalue weighted by Crippen LogP contribution is -2.17. The highest BCUT2D eigenvalue weighted by Gasteiger charge is 2.22. The molecule has 1 aliphatic rings. The zero-order valence-electron chi connectivity index (χ0n) is 10.8. The van der Waals surface area contributed by atoms with E-state index in [1.807, 2.05) is 30.3 Å². The van der Waals surface area contributed by atoms with Gasteiger partial charge in [-0.1, -0.05) is 34.8 Å². The van der Waals surface area contributed by atoms with Crippen molar-refractivity contribution in [2.45, 2.75) is 18.9 Å². The molecule has 0 N–H and O–H groups in total. The maximum absolute atomic E-state index is 12.1.